The predicted octanol–water partition coefficient (Wildman–Crippen LogP) is 3.36. The fourth-order valence-corrected chi connectivity index (χ4v) is 1.30. The zero-order valence-electron chi connectivity index (χ0n) is 8.40. The van der Waals surface area contributed by atoms with Crippen molar-refractivity contribution < 1.29 is 26.7 Å². The minimum absolute atomic E-state index is 0.388. The molecule has 0 spiro atoms. The quantitative estimate of drug-likeness (QED) is 0.740. The zero-order chi connectivity index (χ0) is 12.5. The number of hydrogen-bond donors (Lipinski definition) is 0. The summed E-state index contributed by atoms with van der Waals surface area (Å²) in [7, 11) is 1.02. The first-order valence-corrected chi connectivity index (χ1v) is 4.17. The smallest absolute Gasteiger partial charge is 0.418 e. The van der Waals surface area contributed by atoms with Crippen LogP contribution in [0.15, 0.2) is 6.20 Å². The Balaban J connectivity index is 3.41. The molecule has 1 heterocycles. The van der Waals surface area contributed by atoms with Crippen molar-refractivity contribution in [1.82, 2.24) is 4.98 Å². The molecule has 0 saturated heterocycles. The van der Waals surface area contributed by atoms with Gasteiger partial charge in [-0.2, -0.15) is 13.2 Å². The highest BCUT2D eigenvalue weighted by atomic mass is 19.4. The second-order valence-electron chi connectivity index (χ2n) is 3.01. The zero-order valence-corrected chi connectivity index (χ0v) is 8.40. The number of hydrogen-bond acceptors (Lipinski definition) is 2. The van der Waals surface area contributed by atoms with Crippen molar-refractivity contribution in [2.75, 3.05) is 7.11 Å². The van der Waals surface area contributed by atoms with Crippen molar-refractivity contribution in [3.8, 4) is 5.75 Å². The summed E-state index contributed by atoms with van der Waals surface area (Å²) < 4.78 is 66.6. The monoisotopic (exact) mass is 241 g/mol. The molecular formula is C9H8F5NO. The Bertz CT molecular complexity index is 388. The number of halogens is 5. The number of nitrogens with zero attached hydrogens (tertiary/aromatic N) is 1. The van der Waals surface area contributed by atoms with Crippen LogP contribution in [0.5, 0.6) is 5.75 Å². The number of alkyl halides is 5. The second-order valence-corrected chi connectivity index (χ2v) is 3.01. The van der Waals surface area contributed by atoms with Gasteiger partial charge in [0.2, 0.25) is 0 Å². The molecule has 7 heteroatoms. The SMILES string of the molecule is COc1c(C(F)F)ncc(C(F)(F)F)c1C. The molecule has 2 nitrogen and oxygen atoms in total. The maximum absolute atomic E-state index is 12.4. The average molecular weight is 241 g/mol. The summed E-state index contributed by atoms with van der Waals surface area (Å²) in [6.07, 6.45) is -7.22. The van der Waals surface area contributed by atoms with Gasteiger partial charge in [0.25, 0.3) is 6.43 Å². The van der Waals surface area contributed by atoms with Gasteiger partial charge >= 0.3 is 6.18 Å². The van der Waals surface area contributed by atoms with Gasteiger partial charge in [-0.1, -0.05) is 0 Å². The molecule has 90 valence electrons. The molecule has 0 radical (unpaired) electrons. The van der Waals surface area contributed by atoms with Crippen LogP contribution in [-0.2, 0) is 6.18 Å². The Morgan fingerprint density at radius 1 is 1.31 bits per heavy atom. The van der Waals surface area contributed by atoms with Gasteiger partial charge in [-0.25, -0.2) is 8.78 Å². The number of ether oxygens (including phenoxy) is 1. The number of pyridine rings is 1. The Morgan fingerprint density at radius 3 is 2.25 bits per heavy atom. The molecule has 1 rings (SSSR count). The van der Waals surface area contributed by atoms with E-state index < -0.39 is 29.6 Å². The highest BCUT2D eigenvalue weighted by Crippen LogP contribution is 2.38. The van der Waals surface area contributed by atoms with Crippen molar-refractivity contribution in [1.29, 1.82) is 0 Å². The third-order valence-electron chi connectivity index (χ3n) is 2.03. The van der Waals surface area contributed by atoms with Crippen LogP contribution >= 0.6 is 0 Å². The lowest BCUT2D eigenvalue weighted by molar-refractivity contribution is -0.138. The summed E-state index contributed by atoms with van der Waals surface area (Å²) in [5, 5.41) is 0. The molecule has 0 bridgehead atoms. The van der Waals surface area contributed by atoms with E-state index in [1.807, 2.05) is 0 Å². The van der Waals surface area contributed by atoms with Gasteiger partial charge < -0.3 is 4.74 Å². The fourth-order valence-electron chi connectivity index (χ4n) is 1.30. The van der Waals surface area contributed by atoms with Crippen LogP contribution in [0.4, 0.5) is 22.0 Å². The highest BCUT2D eigenvalue weighted by Gasteiger charge is 2.35. The van der Waals surface area contributed by atoms with Gasteiger partial charge in [0.05, 0.1) is 12.7 Å². The van der Waals surface area contributed by atoms with E-state index in [-0.39, 0.29) is 5.56 Å². The summed E-state index contributed by atoms with van der Waals surface area (Å²) in [6.45, 7) is 1.06. The van der Waals surface area contributed by atoms with Crippen molar-refractivity contribution in [2.24, 2.45) is 0 Å². The summed E-state index contributed by atoms with van der Waals surface area (Å²) in [5.74, 6) is -0.523. The van der Waals surface area contributed by atoms with Crippen LogP contribution in [0.2, 0.25) is 0 Å². The maximum atomic E-state index is 12.4. The normalized spacial score (nSPS) is 12.0. The Kier molecular flexibility index (Phi) is 3.35. The van der Waals surface area contributed by atoms with Gasteiger partial charge in [-0.3, -0.25) is 4.98 Å². The van der Waals surface area contributed by atoms with Crippen molar-refractivity contribution in [3.05, 3.63) is 23.0 Å². The summed E-state index contributed by atoms with van der Waals surface area (Å²) in [4.78, 5) is 3.08. The van der Waals surface area contributed by atoms with Crippen molar-refractivity contribution >= 4 is 0 Å². The average Bonchev–Trinajstić information content (AvgIpc) is 2.14. The molecule has 0 aliphatic heterocycles. The molecule has 16 heavy (non-hydrogen) atoms. The first-order chi connectivity index (χ1) is 7.29. The molecule has 1 aromatic heterocycles. The third kappa shape index (κ3) is 2.23. The van der Waals surface area contributed by atoms with E-state index in [1.54, 1.807) is 0 Å². The van der Waals surface area contributed by atoms with E-state index in [0.29, 0.717) is 6.20 Å². The van der Waals surface area contributed by atoms with Gasteiger partial charge in [0, 0.05) is 11.8 Å². The van der Waals surface area contributed by atoms with E-state index in [1.165, 1.54) is 0 Å². The van der Waals surface area contributed by atoms with Crippen LogP contribution in [0.1, 0.15) is 23.2 Å². The Hall–Kier alpha value is -1.40. The predicted molar refractivity (Wildman–Crippen MR) is 45.5 cm³/mol. The first-order valence-electron chi connectivity index (χ1n) is 4.17. The molecule has 1 aromatic rings. The van der Waals surface area contributed by atoms with Crippen LogP contribution in [0.3, 0.4) is 0 Å². The maximum Gasteiger partial charge on any atom is 0.418 e. The lowest BCUT2D eigenvalue weighted by atomic mass is 10.1. The molecule has 0 aliphatic rings. The number of methoxy groups -OCH3 is 1. The molecule has 0 saturated carbocycles. The lowest BCUT2D eigenvalue weighted by Crippen LogP contribution is -2.11. The highest BCUT2D eigenvalue weighted by molar-refractivity contribution is 5.43. The van der Waals surface area contributed by atoms with E-state index >= 15 is 0 Å². The molecule has 0 N–H and O–H groups in total. The van der Waals surface area contributed by atoms with Gasteiger partial charge in [-0.15, -0.1) is 0 Å². The Labute approximate surface area is 88.1 Å². The molecule has 0 aromatic carbocycles. The Morgan fingerprint density at radius 2 is 1.88 bits per heavy atom. The largest absolute Gasteiger partial charge is 0.494 e. The van der Waals surface area contributed by atoms with E-state index in [0.717, 1.165) is 14.0 Å². The summed E-state index contributed by atoms with van der Waals surface area (Å²) in [5.41, 5.74) is -2.25. The van der Waals surface area contributed by atoms with E-state index in [4.69, 9.17) is 0 Å². The third-order valence-corrected chi connectivity index (χ3v) is 2.03. The van der Waals surface area contributed by atoms with E-state index in [2.05, 4.69) is 9.72 Å². The molecule has 0 unspecified atom stereocenters. The minimum atomic E-state index is -4.63. The lowest BCUT2D eigenvalue weighted by Gasteiger charge is -2.15. The summed E-state index contributed by atoms with van der Waals surface area (Å²) >= 11 is 0. The topological polar surface area (TPSA) is 22.1 Å². The van der Waals surface area contributed by atoms with Crippen molar-refractivity contribution in [3.63, 3.8) is 0 Å². The van der Waals surface area contributed by atoms with Crippen molar-refractivity contribution in [2.45, 2.75) is 19.5 Å². The minimum Gasteiger partial charge on any atom is -0.494 e. The van der Waals surface area contributed by atoms with Crippen LogP contribution < -0.4 is 4.74 Å². The molecule has 0 amide bonds. The summed E-state index contributed by atoms with van der Waals surface area (Å²) in [6, 6.07) is 0. The number of rotatable bonds is 2. The standard InChI is InChI=1S/C9H8F5NO/c1-4-5(9(12,13)14)3-15-6(8(10)11)7(4)16-2/h3,8H,1-2H3. The second kappa shape index (κ2) is 4.23. The van der Waals surface area contributed by atoms with Gasteiger partial charge in [0.1, 0.15) is 11.4 Å². The van der Waals surface area contributed by atoms with Gasteiger partial charge in [0.15, 0.2) is 0 Å². The van der Waals surface area contributed by atoms with Crippen LogP contribution in [0, 0.1) is 6.92 Å². The fraction of sp³-hybridized carbons (Fsp3) is 0.444. The molecular weight excluding hydrogens is 233 g/mol. The first kappa shape index (κ1) is 12.7. The molecule has 0 fully saturated rings. The van der Waals surface area contributed by atoms with E-state index in [9.17, 15) is 22.0 Å². The van der Waals surface area contributed by atoms with Crippen LogP contribution in [0.25, 0.3) is 0 Å². The van der Waals surface area contributed by atoms with Gasteiger partial charge in [-0.05, 0) is 6.92 Å². The number of aromatic nitrogens is 1. The van der Waals surface area contributed by atoms with Crippen LogP contribution in [-0.4, -0.2) is 12.1 Å². The molecule has 0 aliphatic carbocycles. The molecule has 0 atom stereocenters.